The van der Waals surface area contributed by atoms with E-state index in [0.29, 0.717) is 13.2 Å². The van der Waals surface area contributed by atoms with Crippen molar-refractivity contribution in [2.24, 2.45) is 0 Å². The van der Waals surface area contributed by atoms with Gasteiger partial charge in [-0.15, -0.1) is 0 Å². The van der Waals surface area contributed by atoms with E-state index in [1.54, 1.807) is 11.9 Å². The second-order valence-corrected chi connectivity index (χ2v) is 8.14. The Morgan fingerprint density at radius 2 is 2.07 bits per heavy atom. The minimum absolute atomic E-state index is 0.156. The molecule has 1 aromatic rings. The van der Waals surface area contributed by atoms with Crippen molar-refractivity contribution in [1.82, 2.24) is 20.0 Å². The van der Waals surface area contributed by atoms with E-state index in [2.05, 4.69) is 21.2 Å². The van der Waals surface area contributed by atoms with Crippen LogP contribution in [0.5, 0.6) is 0 Å². The van der Waals surface area contributed by atoms with E-state index >= 15 is 0 Å². The van der Waals surface area contributed by atoms with E-state index in [4.69, 9.17) is 16.3 Å². The predicted octanol–water partition coefficient (Wildman–Crippen LogP) is 1.67. The molecule has 0 radical (unpaired) electrons. The fraction of sp³-hybridized carbons (Fsp3) is 0.600. The Morgan fingerprint density at radius 3 is 2.79 bits per heavy atom. The maximum absolute atomic E-state index is 13.3. The molecule has 3 aliphatic heterocycles. The van der Waals surface area contributed by atoms with Crippen molar-refractivity contribution in [3.8, 4) is 0 Å². The molecule has 0 bridgehead atoms. The molecule has 1 N–H and O–H groups in total. The van der Waals surface area contributed by atoms with Gasteiger partial charge in [-0.05, 0) is 38.0 Å². The third-order valence-corrected chi connectivity index (χ3v) is 6.43. The quantitative estimate of drug-likeness (QED) is 0.729. The highest BCUT2D eigenvalue weighted by Crippen LogP contribution is 2.34. The summed E-state index contributed by atoms with van der Waals surface area (Å²) in [5, 5.41) is 4.23. The first kappa shape index (κ1) is 20.4. The Bertz CT molecular complexity index is 806. The molecule has 0 aromatic heterocycles. The lowest BCUT2D eigenvalue weighted by molar-refractivity contribution is -0.139. The molecule has 0 saturated carbocycles. The van der Waals surface area contributed by atoms with Gasteiger partial charge in [-0.3, -0.25) is 19.9 Å². The maximum Gasteiger partial charge on any atom is 0.327 e. The molecule has 4 rings (SSSR count). The zero-order valence-corrected chi connectivity index (χ0v) is 17.9. The highest BCUT2D eigenvalue weighted by atomic mass is 35.5. The van der Waals surface area contributed by atoms with Crippen LogP contribution in [-0.2, 0) is 9.53 Å². The number of fused-ring (bicyclic) bond motifs is 3. The summed E-state index contributed by atoms with van der Waals surface area (Å²) in [6, 6.07) is 5.34. The summed E-state index contributed by atoms with van der Waals surface area (Å²) in [5.41, 5.74) is 2.04. The van der Waals surface area contributed by atoms with Gasteiger partial charge in [0.05, 0.1) is 13.2 Å². The highest BCUT2D eigenvalue weighted by molar-refractivity contribution is 6.31. The Balaban J connectivity index is 1.60. The van der Waals surface area contributed by atoms with Gasteiger partial charge in [-0.2, -0.15) is 0 Å². The molecule has 0 spiro atoms. The van der Waals surface area contributed by atoms with Gasteiger partial charge in [-0.1, -0.05) is 17.7 Å². The molecule has 3 atom stereocenters. The number of benzene rings is 1. The predicted molar refractivity (Wildman–Crippen MR) is 111 cm³/mol. The number of urea groups is 1. The van der Waals surface area contributed by atoms with Crippen molar-refractivity contribution in [3.63, 3.8) is 0 Å². The molecule has 158 valence electrons. The first-order chi connectivity index (χ1) is 13.9. The summed E-state index contributed by atoms with van der Waals surface area (Å²) in [6.45, 7) is 6.70. The molecule has 3 aliphatic rings. The van der Waals surface area contributed by atoms with Crippen molar-refractivity contribution in [1.29, 1.82) is 0 Å². The lowest BCUT2D eigenvalue weighted by Crippen LogP contribution is -2.66. The third-order valence-electron chi connectivity index (χ3n) is 6.02. The molecular formula is C20H28ClN5O3. The number of ether oxygens (including phenoxy) is 1. The molecule has 3 unspecified atom stereocenters. The van der Waals surface area contributed by atoms with Crippen LogP contribution in [0.15, 0.2) is 18.2 Å². The molecular weight excluding hydrogens is 394 g/mol. The first-order valence-electron chi connectivity index (χ1n) is 10.1. The van der Waals surface area contributed by atoms with E-state index in [-0.39, 0.29) is 30.9 Å². The number of hydrogen-bond acceptors (Lipinski definition) is 6. The Labute approximate surface area is 176 Å². The number of carbonyl (C=O) groups excluding carboxylic acids is 2. The summed E-state index contributed by atoms with van der Waals surface area (Å²) in [7, 11) is 1.75. The van der Waals surface area contributed by atoms with Crippen LogP contribution >= 0.6 is 11.6 Å². The highest BCUT2D eigenvalue weighted by Gasteiger charge is 2.55. The Kier molecular flexibility index (Phi) is 5.70. The monoisotopic (exact) mass is 421 g/mol. The van der Waals surface area contributed by atoms with E-state index in [1.807, 2.05) is 26.0 Å². The van der Waals surface area contributed by atoms with Gasteiger partial charge in [0.1, 0.15) is 18.5 Å². The summed E-state index contributed by atoms with van der Waals surface area (Å²) in [5.74, 6) is -0.156. The van der Waals surface area contributed by atoms with Crippen LogP contribution in [0.3, 0.4) is 0 Å². The number of nitrogens with zero attached hydrogens (tertiary/aromatic N) is 4. The maximum atomic E-state index is 13.3. The van der Waals surface area contributed by atoms with Crippen LogP contribution in [0.4, 0.5) is 10.5 Å². The van der Waals surface area contributed by atoms with Crippen LogP contribution in [-0.4, -0.2) is 85.0 Å². The number of aryl methyl sites for hydroxylation is 1. The number of rotatable bonds is 5. The Morgan fingerprint density at radius 1 is 1.28 bits per heavy atom. The number of hydrogen-bond donors (Lipinski definition) is 1. The van der Waals surface area contributed by atoms with Crippen molar-refractivity contribution in [2.45, 2.75) is 38.8 Å². The fourth-order valence-electron chi connectivity index (χ4n) is 4.45. The standard InChI is InChI=1S/C20H28ClN5O3/c1-4-29-11-10-26-18(27)16-17(23(3)20(26)28)22-19-24(8-5-9-25(16)19)14-7-6-13(2)15(21)12-14/h6-7,12,16-17,19,22H,4-5,8-11H2,1-3H3. The molecule has 3 amide bonds. The third kappa shape index (κ3) is 3.48. The van der Waals surface area contributed by atoms with Crippen molar-refractivity contribution in [3.05, 3.63) is 28.8 Å². The smallest absolute Gasteiger partial charge is 0.327 e. The SMILES string of the molecule is CCOCCN1C(=O)C2C(NC3N(c4ccc(C)c(Cl)c4)CCCN23)N(C)C1=O. The number of halogens is 1. The van der Waals surface area contributed by atoms with Crippen LogP contribution in [0.25, 0.3) is 0 Å². The Hall–Kier alpha value is -1.87. The van der Waals surface area contributed by atoms with Crippen molar-refractivity contribution in [2.75, 3.05) is 44.8 Å². The van der Waals surface area contributed by atoms with Crippen molar-refractivity contribution < 1.29 is 14.3 Å². The second-order valence-electron chi connectivity index (χ2n) is 7.73. The van der Waals surface area contributed by atoms with E-state index in [9.17, 15) is 9.59 Å². The molecule has 29 heavy (non-hydrogen) atoms. The number of carbonyl (C=O) groups is 2. The molecule has 8 nitrogen and oxygen atoms in total. The molecule has 9 heteroatoms. The zero-order chi connectivity index (χ0) is 20.7. The van der Waals surface area contributed by atoms with Crippen molar-refractivity contribution >= 4 is 29.2 Å². The number of likely N-dealkylation sites (N-methyl/N-ethyl adjacent to an activating group) is 1. The van der Waals surface area contributed by atoms with E-state index < -0.39 is 6.04 Å². The number of amides is 3. The molecule has 3 saturated heterocycles. The second kappa shape index (κ2) is 8.10. The van der Waals surface area contributed by atoms with Crippen LogP contribution < -0.4 is 10.2 Å². The summed E-state index contributed by atoms with van der Waals surface area (Å²) in [6.07, 6.45) is 0.407. The largest absolute Gasteiger partial charge is 0.380 e. The molecule has 3 heterocycles. The minimum atomic E-state index is -0.409. The minimum Gasteiger partial charge on any atom is -0.380 e. The van der Waals surface area contributed by atoms with Gasteiger partial charge in [-0.25, -0.2) is 4.79 Å². The topological polar surface area (TPSA) is 68.4 Å². The van der Waals surface area contributed by atoms with E-state index in [1.165, 1.54) is 4.90 Å². The summed E-state index contributed by atoms with van der Waals surface area (Å²) in [4.78, 5) is 33.4. The van der Waals surface area contributed by atoms with E-state index in [0.717, 1.165) is 35.8 Å². The lowest BCUT2D eigenvalue weighted by atomic mass is 10.1. The van der Waals surface area contributed by atoms with Gasteiger partial charge in [0.2, 0.25) is 0 Å². The normalized spacial score (nSPS) is 27.4. The van der Waals surface area contributed by atoms with Crippen LogP contribution in [0, 0.1) is 6.92 Å². The zero-order valence-electron chi connectivity index (χ0n) is 17.1. The van der Waals surface area contributed by atoms with Gasteiger partial charge in [0.15, 0.2) is 0 Å². The average Bonchev–Trinajstić information content (AvgIpc) is 3.11. The molecule has 3 fully saturated rings. The van der Waals surface area contributed by atoms with Crippen LogP contribution in [0.1, 0.15) is 18.9 Å². The van der Waals surface area contributed by atoms with Crippen LogP contribution in [0.2, 0.25) is 5.02 Å². The number of anilines is 1. The average molecular weight is 422 g/mol. The lowest BCUT2D eigenvalue weighted by Gasteiger charge is -2.43. The van der Waals surface area contributed by atoms with Gasteiger partial charge in [0, 0.05) is 37.5 Å². The molecule has 1 aromatic carbocycles. The van der Waals surface area contributed by atoms with Gasteiger partial charge >= 0.3 is 6.03 Å². The summed E-state index contributed by atoms with van der Waals surface area (Å²) < 4.78 is 5.37. The number of nitrogens with one attached hydrogen (secondary N) is 1. The van der Waals surface area contributed by atoms with Gasteiger partial charge < -0.3 is 14.5 Å². The fourth-order valence-corrected chi connectivity index (χ4v) is 4.62. The van der Waals surface area contributed by atoms with Gasteiger partial charge in [0.25, 0.3) is 5.91 Å². The molecule has 0 aliphatic carbocycles. The number of imide groups is 1. The first-order valence-corrected chi connectivity index (χ1v) is 10.5. The summed E-state index contributed by atoms with van der Waals surface area (Å²) >= 11 is 6.36.